The molecule has 120 valence electrons. The molecule has 2 N–H and O–H groups in total. The fourth-order valence-corrected chi connectivity index (χ4v) is 3.38. The molecule has 1 fully saturated rings. The van der Waals surface area contributed by atoms with Crippen LogP contribution in [-0.2, 0) is 6.54 Å². The summed E-state index contributed by atoms with van der Waals surface area (Å²) in [6.45, 7) is 7.66. The van der Waals surface area contributed by atoms with Gasteiger partial charge in [-0.05, 0) is 38.0 Å². The molecule has 1 aliphatic rings. The van der Waals surface area contributed by atoms with Crippen LogP contribution in [0.3, 0.4) is 0 Å². The van der Waals surface area contributed by atoms with Crippen molar-refractivity contribution < 1.29 is 0 Å². The van der Waals surface area contributed by atoms with Gasteiger partial charge in [0, 0.05) is 24.5 Å². The highest BCUT2D eigenvalue weighted by Crippen LogP contribution is 2.25. The van der Waals surface area contributed by atoms with E-state index in [9.17, 15) is 0 Å². The number of rotatable bonds is 6. The Morgan fingerprint density at radius 2 is 2.38 bits per heavy atom. The van der Waals surface area contributed by atoms with E-state index in [0.29, 0.717) is 5.25 Å². The molecule has 0 amide bonds. The highest BCUT2D eigenvalue weighted by atomic mass is 127. The van der Waals surface area contributed by atoms with Crippen molar-refractivity contribution in [2.24, 2.45) is 4.99 Å². The average Bonchev–Trinajstić information content (AvgIpc) is 3.08. The summed E-state index contributed by atoms with van der Waals surface area (Å²) in [5.41, 5.74) is 1.20. The van der Waals surface area contributed by atoms with Crippen molar-refractivity contribution in [1.29, 1.82) is 0 Å². The van der Waals surface area contributed by atoms with Gasteiger partial charge in [0.05, 0.1) is 19.3 Å². The SMILES string of the molecule is CCNC(=NCC1CCCS1)NCCn1cc(C)cn1.I. The topological polar surface area (TPSA) is 54.2 Å². The van der Waals surface area contributed by atoms with E-state index in [1.807, 2.05) is 22.6 Å². The van der Waals surface area contributed by atoms with Gasteiger partial charge in [-0.25, -0.2) is 0 Å². The second-order valence-electron chi connectivity index (χ2n) is 5.06. The van der Waals surface area contributed by atoms with Crippen molar-refractivity contribution in [1.82, 2.24) is 20.4 Å². The first kappa shape index (κ1) is 18.6. The lowest BCUT2D eigenvalue weighted by molar-refractivity contribution is 0.597. The molecule has 0 spiro atoms. The summed E-state index contributed by atoms with van der Waals surface area (Å²) < 4.78 is 1.96. The molecule has 2 heterocycles. The first-order chi connectivity index (χ1) is 9.78. The van der Waals surface area contributed by atoms with Crippen LogP contribution in [-0.4, -0.2) is 46.4 Å². The molecule has 1 aromatic rings. The minimum atomic E-state index is 0. The maximum absolute atomic E-state index is 4.68. The monoisotopic (exact) mass is 423 g/mol. The van der Waals surface area contributed by atoms with Gasteiger partial charge in [-0.3, -0.25) is 9.67 Å². The third-order valence-electron chi connectivity index (χ3n) is 3.22. The van der Waals surface area contributed by atoms with Crippen LogP contribution < -0.4 is 10.6 Å². The number of nitrogens with zero attached hydrogens (tertiary/aromatic N) is 3. The lowest BCUT2D eigenvalue weighted by Crippen LogP contribution is -2.39. The molecule has 0 radical (unpaired) electrons. The Hall–Kier alpha value is -0.440. The number of guanidine groups is 1. The molecule has 0 aliphatic carbocycles. The molecule has 1 unspecified atom stereocenters. The minimum absolute atomic E-state index is 0. The number of nitrogens with one attached hydrogen (secondary N) is 2. The van der Waals surface area contributed by atoms with Gasteiger partial charge in [-0.15, -0.1) is 24.0 Å². The Kier molecular flexibility index (Phi) is 9.14. The van der Waals surface area contributed by atoms with E-state index in [1.165, 1.54) is 24.2 Å². The zero-order valence-corrected chi connectivity index (χ0v) is 16.0. The van der Waals surface area contributed by atoms with Crippen molar-refractivity contribution in [2.45, 2.75) is 38.5 Å². The predicted octanol–water partition coefficient (Wildman–Crippen LogP) is 2.26. The van der Waals surface area contributed by atoms with E-state index in [0.717, 1.165) is 32.1 Å². The molecular formula is C14H26IN5S. The van der Waals surface area contributed by atoms with E-state index in [-0.39, 0.29) is 24.0 Å². The summed E-state index contributed by atoms with van der Waals surface area (Å²) in [4.78, 5) is 4.68. The number of thioether (sulfide) groups is 1. The number of hydrogen-bond acceptors (Lipinski definition) is 3. The van der Waals surface area contributed by atoms with Gasteiger partial charge in [0.15, 0.2) is 5.96 Å². The Morgan fingerprint density at radius 1 is 1.52 bits per heavy atom. The molecule has 0 saturated carbocycles. The standard InChI is InChI=1S/C14H25N5S.HI/c1-3-15-14(17-10-13-5-4-8-20-13)16-6-7-19-11-12(2)9-18-19;/h9,11,13H,3-8,10H2,1-2H3,(H2,15,16,17);1H. The first-order valence-corrected chi connectivity index (χ1v) is 8.45. The Bertz CT molecular complexity index is 429. The van der Waals surface area contributed by atoms with Crippen LogP contribution in [0, 0.1) is 6.92 Å². The lowest BCUT2D eigenvalue weighted by Gasteiger charge is -2.12. The summed E-state index contributed by atoms with van der Waals surface area (Å²) in [6, 6.07) is 0. The summed E-state index contributed by atoms with van der Waals surface area (Å²) >= 11 is 2.05. The predicted molar refractivity (Wildman–Crippen MR) is 102 cm³/mol. The summed E-state index contributed by atoms with van der Waals surface area (Å²) in [5.74, 6) is 2.21. The van der Waals surface area contributed by atoms with Crippen molar-refractivity contribution in [2.75, 3.05) is 25.4 Å². The van der Waals surface area contributed by atoms with E-state index >= 15 is 0 Å². The van der Waals surface area contributed by atoms with Gasteiger partial charge in [-0.1, -0.05) is 0 Å². The second kappa shape index (κ2) is 10.3. The number of aryl methyl sites for hydroxylation is 1. The fraction of sp³-hybridized carbons (Fsp3) is 0.714. The van der Waals surface area contributed by atoms with E-state index < -0.39 is 0 Å². The zero-order chi connectivity index (χ0) is 14.2. The second-order valence-corrected chi connectivity index (χ2v) is 6.47. The lowest BCUT2D eigenvalue weighted by atomic mass is 10.2. The third-order valence-corrected chi connectivity index (χ3v) is 4.60. The van der Waals surface area contributed by atoms with Crippen LogP contribution in [0.25, 0.3) is 0 Å². The average molecular weight is 423 g/mol. The molecule has 1 saturated heterocycles. The van der Waals surface area contributed by atoms with Crippen LogP contribution >= 0.6 is 35.7 Å². The molecule has 21 heavy (non-hydrogen) atoms. The summed E-state index contributed by atoms with van der Waals surface area (Å²) in [5, 5.41) is 11.7. The van der Waals surface area contributed by atoms with Gasteiger partial charge < -0.3 is 10.6 Å². The van der Waals surface area contributed by atoms with Gasteiger partial charge in [0.25, 0.3) is 0 Å². The molecule has 5 nitrogen and oxygen atoms in total. The van der Waals surface area contributed by atoms with Crippen LogP contribution in [0.1, 0.15) is 25.3 Å². The van der Waals surface area contributed by atoms with Gasteiger partial charge in [0.2, 0.25) is 0 Å². The normalized spacial score (nSPS) is 18.4. The molecule has 2 rings (SSSR count). The molecule has 1 atom stereocenters. The highest BCUT2D eigenvalue weighted by molar-refractivity contribution is 14.0. The Labute approximate surface area is 148 Å². The van der Waals surface area contributed by atoms with Gasteiger partial charge >= 0.3 is 0 Å². The zero-order valence-electron chi connectivity index (χ0n) is 12.8. The highest BCUT2D eigenvalue weighted by Gasteiger charge is 2.14. The first-order valence-electron chi connectivity index (χ1n) is 7.40. The van der Waals surface area contributed by atoms with E-state index in [2.05, 4.69) is 40.8 Å². The van der Waals surface area contributed by atoms with Crippen molar-refractivity contribution >= 4 is 41.7 Å². The molecule has 1 aromatic heterocycles. The smallest absolute Gasteiger partial charge is 0.191 e. The minimum Gasteiger partial charge on any atom is -0.357 e. The summed E-state index contributed by atoms with van der Waals surface area (Å²) in [7, 11) is 0. The third kappa shape index (κ3) is 6.90. The van der Waals surface area contributed by atoms with Crippen molar-refractivity contribution in [3.8, 4) is 0 Å². The van der Waals surface area contributed by atoms with Crippen molar-refractivity contribution in [3.63, 3.8) is 0 Å². The van der Waals surface area contributed by atoms with Gasteiger partial charge in [0.1, 0.15) is 0 Å². The molecule has 0 aromatic carbocycles. The maximum Gasteiger partial charge on any atom is 0.191 e. The number of aliphatic imine (C=N–C) groups is 1. The fourth-order valence-electron chi connectivity index (χ4n) is 2.20. The summed E-state index contributed by atoms with van der Waals surface area (Å²) in [6.07, 6.45) is 6.59. The Balaban J connectivity index is 0.00000220. The van der Waals surface area contributed by atoms with Crippen LogP contribution in [0.2, 0.25) is 0 Å². The largest absolute Gasteiger partial charge is 0.357 e. The number of aromatic nitrogens is 2. The van der Waals surface area contributed by atoms with Crippen LogP contribution in [0.15, 0.2) is 17.4 Å². The molecular weight excluding hydrogens is 397 g/mol. The molecule has 0 bridgehead atoms. The van der Waals surface area contributed by atoms with Crippen molar-refractivity contribution in [3.05, 3.63) is 18.0 Å². The molecule has 1 aliphatic heterocycles. The van der Waals surface area contributed by atoms with Crippen LogP contribution in [0.4, 0.5) is 0 Å². The maximum atomic E-state index is 4.68. The quantitative estimate of drug-likeness (QED) is 0.419. The number of hydrogen-bond donors (Lipinski definition) is 2. The number of halogens is 1. The van der Waals surface area contributed by atoms with E-state index in [4.69, 9.17) is 0 Å². The van der Waals surface area contributed by atoms with Gasteiger partial charge in [-0.2, -0.15) is 16.9 Å². The Morgan fingerprint density at radius 3 is 3.00 bits per heavy atom. The van der Waals surface area contributed by atoms with Crippen LogP contribution in [0.5, 0.6) is 0 Å². The molecule has 7 heteroatoms. The van der Waals surface area contributed by atoms with E-state index in [1.54, 1.807) is 0 Å².